The number of thiophene rings is 1. The summed E-state index contributed by atoms with van der Waals surface area (Å²) in [6, 6.07) is 4.05. The number of benzene rings is 1. The zero-order chi connectivity index (χ0) is 9.42. The maximum Gasteiger partial charge on any atom is 0.0499 e. The van der Waals surface area contributed by atoms with Gasteiger partial charge in [0.05, 0.1) is 0 Å². The molecule has 68 valence electrons. The van der Waals surface area contributed by atoms with Crippen molar-refractivity contribution in [2.45, 2.75) is 10.8 Å². The van der Waals surface area contributed by atoms with Crippen molar-refractivity contribution in [3.63, 3.8) is 0 Å². The van der Waals surface area contributed by atoms with Crippen LogP contribution < -0.4 is 0 Å². The summed E-state index contributed by atoms with van der Waals surface area (Å²) in [7, 11) is 0. The Bertz CT molecular complexity index is 450. The van der Waals surface area contributed by atoms with Crippen molar-refractivity contribution in [2.24, 2.45) is 0 Å². The fourth-order valence-corrected chi connectivity index (χ4v) is 3.75. The molecule has 0 nitrogen and oxygen atoms in total. The van der Waals surface area contributed by atoms with E-state index < -0.39 is 0 Å². The van der Waals surface area contributed by atoms with Crippen LogP contribution >= 0.6 is 51.5 Å². The molecule has 1 aromatic carbocycles. The Balaban J connectivity index is 2.85. The Labute approximate surface area is 99.4 Å². The van der Waals surface area contributed by atoms with Crippen molar-refractivity contribution >= 4 is 61.6 Å². The van der Waals surface area contributed by atoms with Crippen molar-refractivity contribution in [3.8, 4) is 0 Å². The lowest BCUT2D eigenvalue weighted by Gasteiger charge is -2.01. The van der Waals surface area contributed by atoms with Crippen LogP contribution in [0.25, 0.3) is 10.1 Å². The Morgan fingerprint density at radius 2 is 2.23 bits per heavy atom. The highest BCUT2D eigenvalue weighted by Crippen LogP contribution is 2.35. The maximum absolute atomic E-state index is 5.86. The fraction of sp³-hybridized carbons (Fsp3) is 0.111. The molecule has 0 saturated heterocycles. The van der Waals surface area contributed by atoms with E-state index >= 15 is 0 Å². The molecule has 0 saturated carbocycles. The van der Waals surface area contributed by atoms with E-state index in [-0.39, 0.29) is 0 Å². The van der Waals surface area contributed by atoms with Crippen molar-refractivity contribution in [1.82, 2.24) is 0 Å². The van der Waals surface area contributed by atoms with Crippen LogP contribution in [-0.4, -0.2) is 0 Å². The second kappa shape index (κ2) is 3.81. The highest BCUT2D eigenvalue weighted by molar-refractivity contribution is 9.10. The first-order chi connectivity index (χ1) is 6.24. The summed E-state index contributed by atoms with van der Waals surface area (Å²) in [6.45, 7) is 0. The molecule has 1 aromatic heterocycles. The molecule has 1 heterocycles. The average Bonchev–Trinajstić information content (AvgIpc) is 2.48. The van der Waals surface area contributed by atoms with Gasteiger partial charge in [-0.15, -0.1) is 35.6 Å². The van der Waals surface area contributed by atoms with E-state index in [1.165, 1.54) is 10.1 Å². The summed E-state index contributed by atoms with van der Waals surface area (Å²) in [6.07, 6.45) is 0. The summed E-state index contributed by atoms with van der Waals surface area (Å²) in [5, 5.41) is 3.30. The molecule has 0 aliphatic rings. The van der Waals surface area contributed by atoms with Gasteiger partial charge >= 0.3 is 0 Å². The fourth-order valence-electron chi connectivity index (χ4n) is 1.24. The lowest BCUT2D eigenvalue weighted by Crippen LogP contribution is -1.80. The third-order valence-corrected chi connectivity index (χ3v) is 4.61. The van der Waals surface area contributed by atoms with Gasteiger partial charge in [-0.3, -0.25) is 0 Å². The molecule has 13 heavy (non-hydrogen) atoms. The van der Waals surface area contributed by atoms with Crippen molar-refractivity contribution < 1.29 is 0 Å². The lowest BCUT2D eigenvalue weighted by molar-refractivity contribution is 1.32. The molecular weight excluding hydrogens is 288 g/mol. The largest absolute Gasteiger partial charge is 0.143 e. The van der Waals surface area contributed by atoms with E-state index in [1.807, 2.05) is 6.07 Å². The highest BCUT2D eigenvalue weighted by Gasteiger charge is 2.08. The molecule has 2 aromatic rings. The standard InChI is InChI=1S/C9H6BrClS2/c10-7-4-13-9-5(7)1-2-8(12)6(9)3-11/h1-2,4,12H,3H2. The number of hydrogen-bond donors (Lipinski definition) is 1. The first-order valence-electron chi connectivity index (χ1n) is 3.67. The Morgan fingerprint density at radius 3 is 2.92 bits per heavy atom. The Morgan fingerprint density at radius 1 is 1.46 bits per heavy atom. The third kappa shape index (κ3) is 1.63. The minimum atomic E-state index is 0.517. The summed E-state index contributed by atoms with van der Waals surface area (Å²) in [5.74, 6) is 0.517. The van der Waals surface area contributed by atoms with E-state index in [0.717, 1.165) is 14.9 Å². The SMILES string of the molecule is Sc1ccc2c(Br)csc2c1CCl. The minimum absolute atomic E-state index is 0.517. The van der Waals surface area contributed by atoms with Crippen LogP contribution in [0.4, 0.5) is 0 Å². The number of thiol groups is 1. The van der Waals surface area contributed by atoms with Crippen LogP contribution in [0.15, 0.2) is 26.9 Å². The molecule has 4 heteroatoms. The molecule has 0 bridgehead atoms. The van der Waals surface area contributed by atoms with Gasteiger partial charge in [-0.1, -0.05) is 6.07 Å². The lowest BCUT2D eigenvalue weighted by atomic mass is 10.2. The van der Waals surface area contributed by atoms with Crippen molar-refractivity contribution in [1.29, 1.82) is 0 Å². The van der Waals surface area contributed by atoms with E-state index in [0.29, 0.717) is 5.88 Å². The van der Waals surface area contributed by atoms with Crippen LogP contribution in [0.3, 0.4) is 0 Å². The van der Waals surface area contributed by atoms with Crippen LogP contribution in [0.1, 0.15) is 5.56 Å². The van der Waals surface area contributed by atoms with E-state index in [9.17, 15) is 0 Å². The topological polar surface area (TPSA) is 0 Å². The van der Waals surface area contributed by atoms with Crippen LogP contribution in [0.2, 0.25) is 0 Å². The number of alkyl halides is 1. The predicted molar refractivity (Wildman–Crippen MR) is 66.3 cm³/mol. The number of hydrogen-bond acceptors (Lipinski definition) is 2. The molecule has 0 unspecified atom stereocenters. The van der Waals surface area contributed by atoms with Gasteiger partial charge in [0.15, 0.2) is 0 Å². The first kappa shape index (κ1) is 9.84. The van der Waals surface area contributed by atoms with Crippen LogP contribution in [0.5, 0.6) is 0 Å². The zero-order valence-corrected chi connectivity index (χ0v) is 10.6. The molecule has 0 fully saturated rings. The normalized spacial score (nSPS) is 11.0. The van der Waals surface area contributed by atoms with E-state index in [1.54, 1.807) is 11.3 Å². The van der Waals surface area contributed by atoms with Crippen LogP contribution in [0, 0.1) is 0 Å². The second-order valence-corrected chi connectivity index (χ2v) is 5.14. The van der Waals surface area contributed by atoms with Gasteiger partial charge < -0.3 is 0 Å². The van der Waals surface area contributed by atoms with Gasteiger partial charge in [0, 0.05) is 30.7 Å². The number of rotatable bonds is 1. The molecule has 0 amide bonds. The minimum Gasteiger partial charge on any atom is -0.143 e. The highest BCUT2D eigenvalue weighted by atomic mass is 79.9. The third-order valence-electron chi connectivity index (χ3n) is 1.91. The van der Waals surface area contributed by atoms with Crippen molar-refractivity contribution in [3.05, 3.63) is 27.5 Å². The Kier molecular flexibility index (Phi) is 2.88. The second-order valence-electron chi connectivity index (χ2n) is 2.66. The van der Waals surface area contributed by atoms with Crippen molar-refractivity contribution in [2.75, 3.05) is 0 Å². The summed E-state index contributed by atoms with van der Waals surface area (Å²) in [5.41, 5.74) is 1.12. The molecule has 0 radical (unpaired) electrons. The predicted octanol–water partition coefficient (Wildman–Crippen LogP) is 4.69. The van der Waals surface area contributed by atoms with Gasteiger partial charge in [-0.05, 0) is 27.6 Å². The van der Waals surface area contributed by atoms with Gasteiger partial charge in [-0.25, -0.2) is 0 Å². The van der Waals surface area contributed by atoms with Gasteiger partial charge in [0.1, 0.15) is 0 Å². The van der Waals surface area contributed by atoms with Gasteiger partial charge in [0.25, 0.3) is 0 Å². The quantitative estimate of drug-likeness (QED) is 0.572. The van der Waals surface area contributed by atoms with E-state index in [4.69, 9.17) is 11.6 Å². The average molecular weight is 294 g/mol. The molecule has 0 spiro atoms. The van der Waals surface area contributed by atoms with Gasteiger partial charge in [0.2, 0.25) is 0 Å². The van der Waals surface area contributed by atoms with Crippen LogP contribution in [-0.2, 0) is 5.88 Å². The molecule has 0 aliphatic carbocycles. The number of halogens is 2. The monoisotopic (exact) mass is 292 g/mol. The molecule has 2 rings (SSSR count). The summed E-state index contributed by atoms with van der Waals surface area (Å²) in [4.78, 5) is 0.969. The maximum atomic E-state index is 5.86. The summed E-state index contributed by atoms with van der Waals surface area (Å²) >= 11 is 15.4. The summed E-state index contributed by atoms with van der Waals surface area (Å²) < 4.78 is 2.36. The number of fused-ring (bicyclic) bond motifs is 1. The molecule has 0 atom stereocenters. The van der Waals surface area contributed by atoms with Gasteiger partial charge in [-0.2, -0.15) is 0 Å². The molecular formula is C9H6BrClS2. The molecule has 0 N–H and O–H groups in total. The zero-order valence-electron chi connectivity index (χ0n) is 6.55. The Hall–Kier alpha value is 0.300. The first-order valence-corrected chi connectivity index (χ1v) is 6.33. The van der Waals surface area contributed by atoms with E-state index in [2.05, 4.69) is 40.0 Å². The smallest absolute Gasteiger partial charge is 0.0499 e. The molecule has 0 aliphatic heterocycles.